The van der Waals surface area contributed by atoms with E-state index in [0.717, 1.165) is 50.3 Å². The van der Waals surface area contributed by atoms with E-state index in [0.29, 0.717) is 26.5 Å². The van der Waals surface area contributed by atoms with Gasteiger partial charge in [-0.1, -0.05) is 89.4 Å². The molecule has 6 heteroatoms. The molecule has 1 aliphatic rings. The molecule has 0 aromatic heterocycles. The maximum Gasteiger partial charge on any atom is 0.227 e. The highest BCUT2D eigenvalue weighted by atomic mass is 35.5. The van der Waals surface area contributed by atoms with Gasteiger partial charge in [0.05, 0.1) is 15.7 Å². The zero-order valence-corrected chi connectivity index (χ0v) is 21.0. The van der Waals surface area contributed by atoms with Crippen molar-refractivity contribution in [3.63, 3.8) is 0 Å². The normalized spacial score (nSPS) is 16.3. The molecule has 0 spiro atoms. The Morgan fingerprint density at radius 3 is 2.33 bits per heavy atom. The monoisotopic (exact) mass is 471 g/mol. The zero-order valence-electron chi connectivity index (χ0n) is 18.7. The second kappa shape index (κ2) is 11.8. The number of unbranched alkanes of at least 4 members (excludes halogenated alkanes) is 2. The lowest BCUT2D eigenvalue weighted by Gasteiger charge is -2.30. The molecule has 0 saturated heterocycles. The van der Waals surface area contributed by atoms with Gasteiger partial charge in [-0.3, -0.25) is 9.59 Å². The highest BCUT2D eigenvalue weighted by Crippen LogP contribution is 2.40. The van der Waals surface area contributed by atoms with E-state index in [-0.39, 0.29) is 16.9 Å². The zero-order chi connectivity index (χ0) is 22.3. The molecule has 1 saturated carbocycles. The third-order valence-corrected chi connectivity index (χ3v) is 7.85. The van der Waals surface area contributed by atoms with Gasteiger partial charge >= 0.3 is 0 Å². The van der Waals surface area contributed by atoms with Crippen LogP contribution in [0.25, 0.3) is 0 Å². The molecule has 0 aliphatic heterocycles. The molecule has 1 amide bonds. The smallest absolute Gasteiger partial charge is 0.227 e. The summed E-state index contributed by atoms with van der Waals surface area (Å²) in [4.78, 5) is 26.6. The third-order valence-electron chi connectivity index (χ3n) is 5.77. The highest BCUT2D eigenvalue weighted by Gasteiger charge is 2.30. The van der Waals surface area contributed by atoms with Crippen molar-refractivity contribution in [2.75, 3.05) is 5.32 Å². The number of hydrogen-bond acceptors (Lipinski definition) is 3. The molecule has 2 rings (SSSR count). The molecule has 3 nitrogen and oxygen atoms in total. The Balaban J connectivity index is 2.24. The number of nitrogens with one attached hydrogen (secondary N) is 1. The van der Waals surface area contributed by atoms with E-state index >= 15 is 0 Å². The lowest BCUT2D eigenvalue weighted by atomic mass is 9.77. The van der Waals surface area contributed by atoms with Crippen LogP contribution >= 0.6 is 35.0 Å². The minimum absolute atomic E-state index is 0.00229. The number of benzene rings is 1. The third kappa shape index (κ3) is 7.46. The van der Waals surface area contributed by atoms with Crippen LogP contribution in [-0.2, 0) is 9.59 Å². The van der Waals surface area contributed by atoms with Crippen LogP contribution in [0.1, 0.15) is 85.5 Å². The van der Waals surface area contributed by atoms with Gasteiger partial charge < -0.3 is 5.32 Å². The van der Waals surface area contributed by atoms with Gasteiger partial charge in [0.2, 0.25) is 5.91 Å². The summed E-state index contributed by atoms with van der Waals surface area (Å²) in [5.74, 6) is 0.481. The van der Waals surface area contributed by atoms with Crippen LogP contribution in [0.4, 0.5) is 5.69 Å². The Bertz CT molecular complexity index is 739. The van der Waals surface area contributed by atoms with E-state index in [4.69, 9.17) is 23.2 Å². The first-order chi connectivity index (χ1) is 14.1. The van der Waals surface area contributed by atoms with Gasteiger partial charge in [-0.05, 0) is 49.1 Å². The molecule has 1 atom stereocenters. The van der Waals surface area contributed by atoms with Crippen LogP contribution in [0, 0.1) is 17.3 Å². The molecule has 0 heterocycles. The first-order valence-electron chi connectivity index (χ1n) is 11.2. The topological polar surface area (TPSA) is 46.2 Å². The van der Waals surface area contributed by atoms with Crippen molar-refractivity contribution < 1.29 is 9.59 Å². The fourth-order valence-corrected chi connectivity index (χ4v) is 5.22. The Labute approximate surface area is 196 Å². The Kier molecular flexibility index (Phi) is 10.0. The maximum atomic E-state index is 13.4. The SMILES string of the molecule is CCCCCC(C(=O)Nc1cc(Cl)c(Cl)cc1SC(=O)C(C)(C)C)C1CCCCC1. The summed E-state index contributed by atoms with van der Waals surface area (Å²) in [5.41, 5.74) is 0.0800. The van der Waals surface area contributed by atoms with Crippen molar-refractivity contribution in [2.45, 2.75) is 90.4 Å². The number of thioether (sulfide) groups is 1. The van der Waals surface area contributed by atoms with E-state index in [1.165, 1.54) is 19.3 Å². The van der Waals surface area contributed by atoms with Gasteiger partial charge in [-0.15, -0.1) is 0 Å². The Morgan fingerprint density at radius 2 is 1.73 bits per heavy atom. The first-order valence-corrected chi connectivity index (χ1v) is 12.7. The number of rotatable bonds is 8. The summed E-state index contributed by atoms with van der Waals surface area (Å²) in [5, 5.41) is 3.88. The average Bonchev–Trinajstić information content (AvgIpc) is 2.69. The lowest BCUT2D eigenvalue weighted by molar-refractivity contribution is -0.122. The molecule has 168 valence electrons. The highest BCUT2D eigenvalue weighted by molar-refractivity contribution is 8.13. The fourth-order valence-electron chi connectivity index (χ4n) is 3.92. The second-order valence-electron chi connectivity index (χ2n) is 9.39. The fraction of sp³-hybridized carbons (Fsp3) is 0.667. The van der Waals surface area contributed by atoms with E-state index < -0.39 is 5.41 Å². The Morgan fingerprint density at radius 1 is 1.10 bits per heavy atom. The van der Waals surface area contributed by atoms with Gasteiger partial charge in [-0.2, -0.15) is 0 Å². The standard InChI is InChI=1S/C24H35Cl2NO2S/c1-5-6-8-13-17(16-11-9-7-10-12-16)22(28)27-20-14-18(25)19(26)15-21(20)30-23(29)24(2,3)4/h14-17H,5-13H2,1-4H3,(H,27,28). The maximum absolute atomic E-state index is 13.4. The number of carbonyl (C=O) groups is 2. The van der Waals surface area contributed by atoms with Crippen molar-refractivity contribution in [1.82, 2.24) is 0 Å². The predicted octanol–water partition coefficient (Wildman–Crippen LogP) is 8.37. The van der Waals surface area contributed by atoms with Crippen LogP contribution in [0.3, 0.4) is 0 Å². The van der Waals surface area contributed by atoms with Crippen LogP contribution in [0.5, 0.6) is 0 Å². The number of carbonyl (C=O) groups excluding carboxylic acids is 2. The number of halogens is 2. The van der Waals surface area contributed by atoms with Crippen molar-refractivity contribution in [3.05, 3.63) is 22.2 Å². The van der Waals surface area contributed by atoms with Crippen molar-refractivity contribution in [1.29, 1.82) is 0 Å². The molecule has 30 heavy (non-hydrogen) atoms. The van der Waals surface area contributed by atoms with E-state index in [1.807, 2.05) is 20.8 Å². The summed E-state index contributed by atoms with van der Waals surface area (Å²) in [7, 11) is 0. The van der Waals surface area contributed by atoms with Gasteiger partial charge in [-0.25, -0.2) is 0 Å². The van der Waals surface area contributed by atoms with Crippen LogP contribution in [0.2, 0.25) is 10.0 Å². The van der Waals surface area contributed by atoms with Crippen molar-refractivity contribution in [3.8, 4) is 0 Å². The minimum Gasteiger partial charge on any atom is -0.325 e. The summed E-state index contributed by atoms with van der Waals surface area (Å²) in [6, 6.07) is 3.35. The van der Waals surface area contributed by atoms with E-state index in [2.05, 4.69) is 12.2 Å². The van der Waals surface area contributed by atoms with Crippen LogP contribution in [-0.4, -0.2) is 11.0 Å². The number of hydrogen-bond donors (Lipinski definition) is 1. The van der Waals surface area contributed by atoms with Gasteiger partial charge in [0, 0.05) is 16.2 Å². The number of amides is 1. The Hall–Kier alpha value is -0.710. The average molecular weight is 473 g/mol. The lowest BCUT2D eigenvalue weighted by Crippen LogP contribution is -2.31. The second-order valence-corrected chi connectivity index (χ2v) is 11.2. The summed E-state index contributed by atoms with van der Waals surface area (Å²) >= 11 is 13.6. The molecule has 1 unspecified atom stereocenters. The first kappa shape index (κ1) is 25.5. The molecule has 1 aliphatic carbocycles. The largest absolute Gasteiger partial charge is 0.325 e. The molecule has 1 N–H and O–H groups in total. The van der Waals surface area contributed by atoms with Crippen LogP contribution < -0.4 is 5.32 Å². The van der Waals surface area contributed by atoms with Gasteiger partial charge in [0.15, 0.2) is 5.12 Å². The minimum atomic E-state index is -0.497. The summed E-state index contributed by atoms with van der Waals surface area (Å²) in [6.45, 7) is 7.82. The van der Waals surface area contributed by atoms with Crippen molar-refractivity contribution >= 4 is 51.7 Å². The van der Waals surface area contributed by atoms with Gasteiger partial charge in [0.1, 0.15) is 0 Å². The van der Waals surface area contributed by atoms with E-state index in [9.17, 15) is 9.59 Å². The molecule has 1 fully saturated rings. The molecular weight excluding hydrogens is 437 g/mol. The molecule has 0 bridgehead atoms. The molecule has 1 aromatic carbocycles. The molecular formula is C24H35Cl2NO2S. The summed E-state index contributed by atoms with van der Waals surface area (Å²) < 4.78 is 0. The number of anilines is 1. The molecule has 1 aromatic rings. The summed E-state index contributed by atoms with van der Waals surface area (Å²) in [6.07, 6.45) is 10.2. The van der Waals surface area contributed by atoms with Gasteiger partial charge in [0.25, 0.3) is 0 Å². The van der Waals surface area contributed by atoms with E-state index in [1.54, 1.807) is 12.1 Å². The quantitative estimate of drug-likeness (QED) is 0.305. The van der Waals surface area contributed by atoms with Crippen LogP contribution in [0.15, 0.2) is 17.0 Å². The van der Waals surface area contributed by atoms with Crippen molar-refractivity contribution in [2.24, 2.45) is 17.3 Å². The molecule has 0 radical (unpaired) electrons. The predicted molar refractivity (Wildman–Crippen MR) is 130 cm³/mol.